The van der Waals surface area contributed by atoms with Crippen molar-refractivity contribution in [3.8, 4) is 6.07 Å². The minimum absolute atomic E-state index is 0.191. The lowest BCUT2D eigenvalue weighted by molar-refractivity contribution is 0.0987. The highest BCUT2D eigenvalue weighted by atomic mass is 16.5. The van der Waals surface area contributed by atoms with Gasteiger partial charge >= 0.3 is 6.03 Å². The van der Waals surface area contributed by atoms with Crippen molar-refractivity contribution in [2.75, 3.05) is 11.9 Å². The first-order valence-corrected chi connectivity index (χ1v) is 7.29. The van der Waals surface area contributed by atoms with Gasteiger partial charge in [-0.05, 0) is 37.1 Å². The average Bonchev–Trinajstić information content (AvgIpc) is 3.24. The van der Waals surface area contributed by atoms with Gasteiger partial charge in [-0.15, -0.1) is 0 Å². The van der Waals surface area contributed by atoms with E-state index in [2.05, 4.69) is 15.5 Å². The summed E-state index contributed by atoms with van der Waals surface area (Å²) in [6.45, 7) is 0.529. The molecule has 1 fully saturated rings. The van der Waals surface area contributed by atoms with Crippen LogP contribution in [0.4, 0.5) is 10.5 Å². The summed E-state index contributed by atoms with van der Waals surface area (Å²) in [6.07, 6.45) is 1.43. The summed E-state index contributed by atoms with van der Waals surface area (Å²) in [6, 6.07) is 7.84. The van der Waals surface area contributed by atoms with Crippen LogP contribution >= 0.6 is 0 Å². The van der Waals surface area contributed by atoms with Gasteiger partial charge in [0, 0.05) is 12.2 Å². The normalized spacial score (nSPS) is 16.6. The minimum Gasteiger partial charge on any atom is -0.363 e. The third kappa shape index (κ3) is 3.03. The predicted octanol–water partition coefficient (Wildman–Crippen LogP) is 1.41. The molecule has 0 aliphatic carbocycles. The summed E-state index contributed by atoms with van der Waals surface area (Å²) in [4.78, 5) is 29.0. The second kappa shape index (κ2) is 6.37. The average molecular weight is 326 g/mol. The smallest absolute Gasteiger partial charge is 0.322 e. The SMILES string of the molecule is N#Cc1ccc(NC(=O)N2CCCC2c2nc(C(N)=O)no2)cc1. The molecule has 1 aromatic heterocycles. The topological polar surface area (TPSA) is 138 Å². The van der Waals surface area contributed by atoms with Crippen molar-refractivity contribution in [1.29, 1.82) is 5.26 Å². The zero-order valence-corrected chi connectivity index (χ0v) is 12.6. The number of nitrogens with one attached hydrogen (secondary N) is 1. The van der Waals surface area contributed by atoms with E-state index in [4.69, 9.17) is 15.5 Å². The third-order valence-corrected chi connectivity index (χ3v) is 3.73. The van der Waals surface area contributed by atoms with Gasteiger partial charge in [-0.25, -0.2) is 4.79 Å². The maximum atomic E-state index is 12.5. The van der Waals surface area contributed by atoms with Crippen LogP contribution in [-0.4, -0.2) is 33.5 Å². The lowest BCUT2D eigenvalue weighted by Crippen LogP contribution is -2.34. The number of urea groups is 1. The molecule has 3 N–H and O–H groups in total. The second-order valence-corrected chi connectivity index (χ2v) is 5.29. The summed E-state index contributed by atoms with van der Waals surface area (Å²) < 4.78 is 5.05. The number of nitrogens with zero attached hydrogens (tertiary/aromatic N) is 4. The Morgan fingerprint density at radius 2 is 2.12 bits per heavy atom. The molecule has 9 heteroatoms. The summed E-state index contributed by atoms with van der Waals surface area (Å²) in [5.74, 6) is -0.794. The summed E-state index contributed by atoms with van der Waals surface area (Å²) >= 11 is 0. The van der Waals surface area contributed by atoms with Gasteiger partial charge in [0.05, 0.1) is 11.6 Å². The van der Waals surface area contributed by atoms with Crippen molar-refractivity contribution in [1.82, 2.24) is 15.0 Å². The summed E-state index contributed by atoms with van der Waals surface area (Å²) in [5, 5.41) is 15.1. The van der Waals surface area contributed by atoms with Crippen molar-refractivity contribution >= 4 is 17.6 Å². The van der Waals surface area contributed by atoms with E-state index in [9.17, 15) is 9.59 Å². The van der Waals surface area contributed by atoms with Gasteiger partial charge in [-0.3, -0.25) is 4.79 Å². The van der Waals surface area contributed by atoms with Gasteiger partial charge in [0.25, 0.3) is 11.7 Å². The first-order chi connectivity index (χ1) is 11.6. The molecular weight excluding hydrogens is 312 g/mol. The lowest BCUT2D eigenvalue weighted by Gasteiger charge is -2.22. The molecule has 9 nitrogen and oxygen atoms in total. The highest BCUT2D eigenvalue weighted by molar-refractivity contribution is 5.90. The molecule has 0 bridgehead atoms. The number of nitrogens with two attached hydrogens (primary N) is 1. The second-order valence-electron chi connectivity index (χ2n) is 5.29. The molecule has 0 saturated carbocycles. The molecule has 1 aromatic carbocycles. The van der Waals surface area contributed by atoms with E-state index in [1.807, 2.05) is 6.07 Å². The van der Waals surface area contributed by atoms with E-state index in [-0.39, 0.29) is 17.7 Å². The number of hydrogen-bond donors (Lipinski definition) is 2. The third-order valence-electron chi connectivity index (χ3n) is 3.73. The van der Waals surface area contributed by atoms with E-state index in [0.717, 1.165) is 6.42 Å². The van der Waals surface area contributed by atoms with E-state index in [1.165, 1.54) is 0 Å². The lowest BCUT2D eigenvalue weighted by atomic mass is 10.2. The molecule has 24 heavy (non-hydrogen) atoms. The number of likely N-dealkylation sites (tertiary alicyclic amines) is 1. The minimum atomic E-state index is -0.781. The fourth-order valence-corrected chi connectivity index (χ4v) is 2.56. The fraction of sp³-hybridized carbons (Fsp3) is 0.267. The molecule has 3 amide bonds. The molecule has 122 valence electrons. The van der Waals surface area contributed by atoms with E-state index >= 15 is 0 Å². The van der Waals surface area contributed by atoms with E-state index < -0.39 is 11.9 Å². The number of carbonyl (C=O) groups is 2. The molecule has 2 heterocycles. The number of benzene rings is 1. The van der Waals surface area contributed by atoms with E-state index in [0.29, 0.717) is 24.2 Å². The molecule has 1 aliphatic heterocycles. The number of carbonyl (C=O) groups excluding carboxylic acids is 2. The van der Waals surface area contributed by atoms with Crippen LogP contribution in [-0.2, 0) is 0 Å². The molecule has 0 radical (unpaired) electrons. The number of primary amides is 1. The molecule has 3 rings (SSSR count). The Kier molecular flexibility index (Phi) is 4.11. The molecule has 1 saturated heterocycles. The van der Waals surface area contributed by atoms with Gasteiger partial charge in [0.1, 0.15) is 6.04 Å². The maximum absolute atomic E-state index is 12.5. The maximum Gasteiger partial charge on any atom is 0.322 e. The van der Waals surface area contributed by atoms with Crippen LogP contribution in [0.25, 0.3) is 0 Å². The zero-order chi connectivity index (χ0) is 17.1. The Morgan fingerprint density at radius 1 is 1.38 bits per heavy atom. The van der Waals surface area contributed by atoms with Crippen molar-refractivity contribution in [3.05, 3.63) is 41.5 Å². The van der Waals surface area contributed by atoms with Gasteiger partial charge < -0.3 is 20.5 Å². The number of amides is 3. The van der Waals surface area contributed by atoms with Crippen LogP contribution in [0.3, 0.4) is 0 Å². The van der Waals surface area contributed by atoms with Crippen LogP contribution in [0, 0.1) is 11.3 Å². The van der Waals surface area contributed by atoms with Crippen molar-refractivity contribution in [3.63, 3.8) is 0 Å². The van der Waals surface area contributed by atoms with Crippen molar-refractivity contribution < 1.29 is 14.1 Å². The zero-order valence-electron chi connectivity index (χ0n) is 12.6. The molecule has 1 unspecified atom stereocenters. The van der Waals surface area contributed by atoms with Gasteiger partial charge in [-0.1, -0.05) is 5.16 Å². The predicted molar refractivity (Wildman–Crippen MR) is 81.7 cm³/mol. The monoisotopic (exact) mass is 326 g/mol. The Balaban J connectivity index is 1.73. The Hall–Kier alpha value is -3.41. The number of nitriles is 1. The summed E-state index contributed by atoms with van der Waals surface area (Å²) in [5.41, 5.74) is 6.19. The standard InChI is InChI=1S/C15H14N6O3/c16-8-9-3-5-10(6-4-9)18-15(23)21-7-1-2-11(21)14-19-13(12(17)22)20-24-14/h3-6,11H,1-2,7H2,(H2,17,22)(H,18,23). The Labute approximate surface area is 137 Å². The molecule has 1 atom stereocenters. The molecule has 1 aliphatic rings. The highest BCUT2D eigenvalue weighted by Gasteiger charge is 2.34. The van der Waals surface area contributed by atoms with E-state index in [1.54, 1.807) is 29.2 Å². The number of hydrogen-bond acceptors (Lipinski definition) is 6. The van der Waals surface area contributed by atoms with Gasteiger partial charge in [0.2, 0.25) is 5.89 Å². The number of aromatic nitrogens is 2. The number of rotatable bonds is 3. The molecule has 0 spiro atoms. The first kappa shape index (κ1) is 15.5. The van der Waals surface area contributed by atoms with Crippen LogP contribution in [0.2, 0.25) is 0 Å². The molecular formula is C15H14N6O3. The quantitative estimate of drug-likeness (QED) is 0.874. The Morgan fingerprint density at radius 3 is 2.75 bits per heavy atom. The van der Waals surface area contributed by atoms with Crippen molar-refractivity contribution in [2.24, 2.45) is 5.73 Å². The van der Waals surface area contributed by atoms with Gasteiger partial charge in [0.15, 0.2) is 0 Å². The fourth-order valence-electron chi connectivity index (χ4n) is 2.56. The van der Waals surface area contributed by atoms with Crippen LogP contribution in [0.1, 0.15) is 41.0 Å². The summed E-state index contributed by atoms with van der Waals surface area (Å²) in [7, 11) is 0. The highest BCUT2D eigenvalue weighted by Crippen LogP contribution is 2.31. The number of anilines is 1. The van der Waals surface area contributed by atoms with Crippen molar-refractivity contribution in [2.45, 2.75) is 18.9 Å². The van der Waals surface area contributed by atoms with Crippen LogP contribution in [0.15, 0.2) is 28.8 Å². The van der Waals surface area contributed by atoms with Crippen LogP contribution in [0.5, 0.6) is 0 Å². The first-order valence-electron chi connectivity index (χ1n) is 7.29. The Bertz CT molecular complexity index is 807. The van der Waals surface area contributed by atoms with Crippen LogP contribution < -0.4 is 11.1 Å². The van der Waals surface area contributed by atoms with Gasteiger partial charge in [-0.2, -0.15) is 10.2 Å². The molecule has 2 aromatic rings. The largest absolute Gasteiger partial charge is 0.363 e.